The Balaban J connectivity index is 2.02. The van der Waals surface area contributed by atoms with E-state index in [1.165, 1.54) is 28.4 Å². The van der Waals surface area contributed by atoms with Gasteiger partial charge >= 0.3 is 23.9 Å². The summed E-state index contributed by atoms with van der Waals surface area (Å²) < 4.78 is 22.3. The van der Waals surface area contributed by atoms with Crippen molar-refractivity contribution in [1.29, 1.82) is 0 Å². The molecule has 4 rings (SSSR count). The Morgan fingerprint density at radius 3 is 1.25 bits per heavy atom. The van der Waals surface area contributed by atoms with E-state index >= 15 is 0 Å². The van der Waals surface area contributed by atoms with Gasteiger partial charge < -0.3 is 18.9 Å². The highest BCUT2D eigenvalue weighted by molar-refractivity contribution is 14.1. The normalized spacial score (nSPS) is 14.1. The van der Waals surface area contributed by atoms with Crippen molar-refractivity contribution >= 4 is 114 Å². The summed E-state index contributed by atoms with van der Waals surface area (Å²) in [5.41, 5.74) is 8.61. The van der Waals surface area contributed by atoms with Gasteiger partial charge in [0.2, 0.25) is 0 Å². The van der Waals surface area contributed by atoms with E-state index in [0.717, 1.165) is 67.3 Å². The average Bonchev–Trinajstić information content (AvgIpc) is 3.79. The summed E-state index contributed by atoms with van der Waals surface area (Å²) in [6.07, 6.45) is 3.79. The minimum Gasteiger partial charge on any atom is -0.465 e. The first-order chi connectivity index (χ1) is 26.1. The summed E-state index contributed by atoms with van der Waals surface area (Å²) in [4.78, 5) is 51.5. The van der Waals surface area contributed by atoms with Crippen LogP contribution in [0.5, 0.6) is 0 Å². The zero-order valence-corrected chi connectivity index (χ0v) is 38.6. The standard InChI is InChI=1S/C41H41IO8S4Si/c1-23(2)55(24(3)4,25(5)6)18-17-28-20-29(21-32-51-34(38(43)47-7)35(52-32)39(44)48-8)27(14-11-26-12-15-31(42)16-13-26)19-30(28)22-33-53-36(40(45)49-9)37(54-33)41(46)50-10/h12-13,15-16,19-25H,1-10H3. The highest BCUT2D eigenvalue weighted by Gasteiger charge is 2.42. The molecule has 8 nitrogen and oxygen atoms in total. The Hall–Kier alpha value is -3.25. The van der Waals surface area contributed by atoms with Gasteiger partial charge in [-0.2, -0.15) is 0 Å². The number of thioether (sulfide) groups is 4. The number of carbonyl (C=O) groups is 4. The van der Waals surface area contributed by atoms with Crippen molar-refractivity contribution in [2.75, 3.05) is 28.4 Å². The number of methoxy groups -OCH3 is 4. The molecule has 55 heavy (non-hydrogen) atoms. The zero-order valence-electron chi connectivity index (χ0n) is 32.1. The van der Waals surface area contributed by atoms with Crippen molar-refractivity contribution in [3.63, 3.8) is 0 Å². The molecule has 2 aliphatic rings. The molecule has 2 aromatic rings. The van der Waals surface area contributed by atoms with Crippen molar-refractivity contribution in [2.45, 2.75) is 58.2 Å². The van der Waals surface area contributed by atoms with Crippen molar-refractivity contribution in [2.24, 2.45) is 0 Å². The predicted octanol–water partition coefficient (Wildman–Crippen LogP) is 9.93. The number of hydrogen-bond acceptors (Lipinski definition) is 12. The van der Waals surface area contributed by atoms with Gasteiger partial charge in [-0.3, -0.25) is 0 Å². The smallest absolute Gasteiger partial charge is 0.346 e. The van der Waals surface area contributed by atoms with E-state index in [1.54, 1.807) is 0 Å². The Kier molecular flexibility index (Phi) is 16.0. The number of hydrogen-bond donors (Lipinski definition) is 0. The molecule has 2 aliphatic heterocycles. The van der Waals surface area contributed by atoms with Gasteiger partial charge in [0.1, 0.15) is 27.7 Å². The third kappa shape index (κ3) is 10.4. The monoisotopic (exact) mass is 944 g/mol. The summed E-state index contributed by atoms with van der Waals surface area (Å²) in [6, 6.07) is 11.8. The summed E-state index contributed by atoms with van der Waals surface area (Å²) in [7, 11) is 2.86. The quantitative estimate of drug-likeness (QED) is 0.0786. The van der Waals surface area contributed by atoms with E-state index in [0.29, 0.717) is 36.2 Å². The Bertz CT molecular complexity index is 2060. The van der Waals surface area contributed by atoms with Crippen LogP contribution in [0.15, 0.2) is 64.5 Å². The second-order valence-corrected chi connectivity index (χ2v) is 24.6. The lowest BCUT2D eigenvalue weighted by Crippen LogP contribution is -2.43. The summed E-state index contributed by atoms with van der Waals surface area (Å²) >= 11 is 6.77. The minimum atomic E-state index is -2.21. The first-order valence-electron chi connectivity index (χ1n) is 17.0. The van der Waals surface area contributed by atoms with Crippen LogP contribution < -0.4 is 0 Å². The largest absolute Gasteiger partial charge is 0.465 e. The van der Waals surface area contributed by atoms with Crippen LogP contribution in [0, 0.1) is 26.9 Å². The van der Waals surface area contributed by atoms with Crippen LogP contribution >= 0.6 is 69.6 Å². The van der Waals surface area contributed by atoms with Crippen molar-refractivity contribution in [1.82, 2.24) is 0 Å². The van der Waals surface area contributed by atoms with Crippen LogP contribution in [0.4, 0.5) is 0 Å². The van der Waals surface area contributed by atoms with Gasteiger partial charge in [-0.1, -0.05) is 106 Å². The Morgan fingerprint density at radius 2 is 0.927 bits per heavy atom. The third-order valence-corrected chi connectivity index (χ3v) is 20.8. The Morgan fingerprint density at radius 1 is 0.582 bits per heavy atom. The van der Waals surface area contributed by atoms with Crippen LogP contribution in [-0.4, -0.2) is 60.4 Å². The number of ether oxygens (including phenoxy) is 4. The van der Waals surface area contributed by atoms with Crippen LogP contribution in [-0.2, 0) is 38.1 Å². The summed E-state index contributed by atoms with van der Waals surface area (Å²) in [6.45, 7) is 13.5. The maximum atomic E-state index is 12.7. The lowest BCUT2D eigenvalue weighted by Gasteiger charge is -2.38. The molecule has 0 fully saturated rings. The highest BCUT2D eigenvalue weighted by Crippen LogP contribution is 2.52. The second kappa shape index (κ2) is 19.7. The number of carbonyl (C=O) groups excluding carboxylic acids is 4. The van der Waals surface area contributed by atoms with Crippen LogP contribution in [0.2, 0.25) is 16.6 Å². The van der Waals surface area contributed by atoms with Gasteiger partial charge in [-0.15, -0.1) is 5.54 Å². The molecule has 0 N–H and O–H groups in total. The molecule has 0 atom stereocenters. The lowest BCUT2D eigenvalue weighted by atomic mass is 9.98. The van der Waals surface area contributed by atoms with E-state index < -0.39 is 32.0 Å². The number of rotatable bonds is 9. The number of benzene rings is 2. The van der Waals surface area contributed by atoms with Gasteiger partial charge in [0.05, 0.1) is 36.9 Å². The molecular weight excluding hydrogens is 904 g/mol. The molecule has 0 aromatic heterocycles. The maximum absolute atomic E-state index is 12.7. The van der Waals surface area contributed by atoms with Crippen LogP contribution in [0.25, 0.3) is 12.2 Å². The SMILES string of the molecule is COC(=O)C1=C(C(=O)OC)SC(=Cc2cc(C#C[Si](C(C)C)(C(C)C)C(C)C)c(C=C3SC(C(=O)OC)=C(C(=O)OC)S3)cc2C#Cc2ccc(I)cc2)S1. The van der Waals surface area contributed by atoms with Gasteiger partial charge in [0.15, 0.2) is 0 Å². The summed E-state index contributed by atoms with van der Waals surface area (Å²) in [5.74, 6) is 7.70. The van der Waals surface area contributed by atoms with E-state index in [-0.39, 0.29) is 19.6 Å². The fraction of sp³-hybridized carbons (Fsp3) is 0.317. The lowest BCUT2D eigenvalue weighted by molar-refractivity contribution is -0.138. The van der Waals surface area contributed by atoms with Crippen molar-refractivity contribution < 1.29 is 38.1 Å². The first kappa shape index (κ1) is 44.5. The van der Waals surface area contributed by atoms with Gasteiger partial charge in [0, 0.05) is 20.3 Å². The summed E-state index contributed by atoms with van der Waals surface area (Å²) in [5, 5.41) is 0. The minimum absolute atomic E-state index is 0.144. The molecule has 0 radical (unpaired) electrons. The molecule has 14 heteroatoms. The van der Waals surface area contributed by atoms with Gasteiger partial charge in [-0.25, -0.2) is 19.2 Å². The molecule has 0 spiro atoms. The average molecular weight is 945 g/mol. The molecule has 2 aromatic carbocycles. The molecule has 0 saturated heterocycles. The molecule has 0 unspecified atom stereocenters. The molecular formula is C41H41IO8S4Si. The molecule has 0 amide bonds. The van der Waals surface area contributed by atoms with Crippen molar-refractivity contribution in [3.05, 3.63) is 95.9 Å². The fourth-order valence-corrected chi connectivity index (χ4v) is 16.6. The molecule has 288 valence electrons. The van der Waals surface area contributed by atoms with Crippen LogP contribution in [0.1, 0.15) is 69.4 Å². The van der Waals surface area contributed by atoms with E-state index in [9.17, 15) is 19.2 Å². The van der Waals surface area contributed by atoms with Crippen molar-refractivity contribution in [3.8, 4) is 23.3 Å². The van der Waals surface area contributed by atoms with Crippen LogP contribution in [0.3, 0.4) is 0 Å². The highest BCUT2D eigenvalue weighted by atomic mass is 127. The molecule has 0 saturated carbocycles. The van der Waals surface area contributed by atoms with Gasteiger partial charge in [0.25, 0.3) is 0 Å². The molecule has 0 aliphatic carbocycles. The van der Waals surface area contributed by atoms with Gasteiger partial charge in [-0.05, 0) is 98.9 Å². The fourth-order valence-electron chi connectivity index (χ4n) is 6.28. The molecule has 0 bridgehead atoms. The topological polar surface area (TPSA) is 105 Å². The Labute approximate surface area is 355 Å². The van der Waals surface area contributed by atoms with E-state index in [4.69, 9.17) is 18.9 Å². The second-order valence-electron chi connectivity index (χ2n) is 13.0. The maximum Gasteiger partial charge on any atom is 0.346 e. The van der Waals surface area contributed by atoms with E-state index in [1.807, 2.05) is 48.6 Å². The van der Waals surface area contributed by atoms with E-state index in [2.05, 4.69) is 87.4 Å². The number of halogens is 1. The zero-order chi connectivity index (χ0) is 40.6. The first-order valence-corrected chi connectivity index (χ1v) is 23.6. The molecule has 2 heterocycles. The number of esters is 4. The predicted molar refractivity (Wildman–Crippen MR) is 238 cm³/mol. The third-order valence-electron chi connectivity index (χ3n) is 8.94.